The van der Waals surface area contributed by atoms with Crippen molar-refractivity contribution < 1.29 is 4.79 Å². The Morgan fingerprint density at radius 1 is 1.12 bits per heavy atom. The fourth-order valence-electron chi connectivity index (χ4n) is 1.60. The summed E-state index contributed by atoms with van der Waals surface area (Å²) in [5.74, 6) is -0.00933. The Kier molecular flexibility index (Phi) is 4.29. The van der Waals surface area contributed by atoms with Gasteiger partial charge >= 0.3 is 0 Å². The Bertz CT molecular complexity index is 385. The molecule has 0 aliphatic rings. The maximum atomic E-state index is 11.7. The Morgan fingerprint density at radius 2 is 1.65 bits per heavy atom. The molecule has 0 aliphatic carbocycles. The number of rotatable bonds is 3. The molecule has 0 spiro atoms. The summed E-state index contributed by atoms with van der Waals surface area (Å²) in [5.41, 5.74) is 3.14. The number of nitrogens with one attached hydrogen (secondary N) is 2. The topological polar surface area (TPSA) is 41.1 Å². The highest BCUT2D eigenvalue weighted by Gasteiger charge is 2.11. The predicted molar refractivity (Wildman–Crippen MR) is 72.3 cm³/mol. The molecule has 2 N–H and O–H groups in total. The molecule has 0 heterocycles. The lowest BCUT2D eigenvalue weighted by Gasteiger charge is -2.20. The van der Waals surface area contributed by atoms with E-state index < -0.39 is 0 Å². The van der Waals surface area contributed by atoms with Crippen molar-refractivity contribution in [1.82, 2.24) is 5.32 Å². The van der Waals surface area contributed by atoms with Crippen molar-refractivity contribution in [2.24, 2.45) is 0 Å². The van der Waals surface area contributed by atoms with Gasteiger partial charge in [0.2, 0.25) is 5.91 Å². The van der Waals surface area contributed by atoms with E-state index in [9.17, 15) is 4.79 Å². The first-order valence-electron chi connectivity index (χ1n) is 5.89. The van der Waals surface area contributed by atoms with E-state index in [-0.39, 0.29) is 11.4 Å². The van der Waals surface area contributed by atoms with Crippen LogP contribution in [0, 0.1) is 13.8 Å². The van der Waals surface area contributed by atoms with Gasteiger partial charge in [0, 0.05) is 11.2 Å². The Hall–Kier alpha value is -1.35. The highest BCUT2D eigenvalue weighted by molar-refractivity contribution is 5.92. The second kappa shape index (κ2) is 5.32. The lowest BCUT2D eigenvalue weighted by molar-refractivity contribution is -0.115. The summed E-state index contributed by atoms with van der Waals surface area (Å²) in [6.07, 6.45) is 0. The first-order chi connectivity index (χ1) is 7.76. The minimum atomic E-state index is -0.0418. The van der Waals surface area contributed by atoms with Crippen LogP contribution in [0.4, 0.5) is 5.69 Å². The van der Waals surface area contributed by atoms with Crippen LogP contribution in [0.2, 0.25) is 0 Å². The highest BCUT2D eigenvalue weighted by atomic mass is 16.1. The van der Waals surface area contributed by atoms with Crippen molar-refractivity contribution in [2.45, 2.75) is 40.2 Å². The zero-order chi connectivity index (χ0) is 13.1. The highest BCUT2D eigenvalue weighted by Crippen LogP contribution is 2.13. The van der Waals surface area contributed by atoms with Crippen LogP contribution in [0.25, 0.3) is 0 Å². The minimum absolute atomic E-state index is 0.00933. The maximum absolute atomic E-state index is 11.7. The second-order valence-corrected chi connectivity index (χ2v) is 5.53. The molecule has 0 saturated heterocycles. The average Bonchev–Trinajstić information content (AvgIpc) is 2.11. The largest absolute Gasteiger partial charge is 0.325 e. The zero-order valence-corrected chi connectivity index (χ0v) is 11.3. The zero-order valence-electron chi connectivity index (χ0n) is 11.3. The molecule has 0 aromatic heterocycles. The number of anilines is 1. The van der Waals surface area contributed by atoms with Gasteiger partial charge in [-0.25, -0.2) is 0 Å². The van der Waals surface area contributed by atoms with Gasteiger partial charge in [-0.2, -0.15) is 0 Å². The molecule has 1 aromatic rings. The monoisotopic (exact) mass is 234 g/mol. The first kappa shape index (κ1) is 13.7. The summed E-state index contributed by atoms with van der Waals surface area (Å²) in [7, 11) is 0. The number of amides is 1. The van der Waals surface area contributed by atoms with Gasteiger partial charge in [-0.15, -0.1) is 0 Å². The molecule has 0 atom stereocenters. The molecule has 0 unspecified atom stereocenters. The molecular formula is C14H22N2O. The summed E-state index contributed by atoms with van der Waals surface area (Å²) in [6.45, 7) is 10.5. The van der Waals surface area contributed by atoms with Gasteiger partial charge in [0.05, 0.1) is 6.54 Å². The fourth-order valence-corrected chi connectivity index (χ4v) is 1.60. The Morgan fingerprint density at radius 3 is 2.12 bits per heavy atom. The van der Waals surface area contributed by atoms with Crippen LogP contribution in [0.3, 0.4) is 0 Å². The van der Waals surface area contributed by atoms with Crippen molar-refractivity contribution in [3.8, 4) is 0 Å². The van der Waals surface area contributed by atoms with Crippen molar-refractivity contribution in [3.63, 3.8) is 0 Å². The summed E-state index contributed by atoms with van der Waals surface area (Å²) in [5, 5.41) is 6.05. The molecule has 17 heavy (non-hydrogen) atoms. The van der Waals surface area contributed by atoms with Crippen LogP contribution in [0.15, 0.2) is 18.2 Å². The second-order valence-electron chi connectivity index (χ2n) is 5.53. The molecule has 0 radical (unpaired) electrons. The number of benzene rings is 1. The van der Waals surface area contributed by atoms with Crippen LogP contribution < -0.4 is 10.6 Å². The van der Waals surface area contributed by atoms with Crippen molar-refractivity contribution in [3.05, 3.63) is 29.3 Å². The van der Waals surface area contributed by atoms with Crippen molar-refractivity contribution in [2.75, 3.05) is 11.9 Å². The number of hydrogen-bond donors (Lipinski definition) is 2. The van der Waals surface area contributed by atoms with E-state index in [0.717, 1.165) is 16.8 Å². The summed E-state index contributed by atoms with van der Waals surface area (Å²) in [4.78, 5) is 11.7. The third kappa shape index (κ3) is 5.50. The molecule has 3 heteroatoms. The number of aryl methyl sites for hydroxylation is 2. The lowest BCUT2D eigenvalue weighted by Crippen LogP contribution is -2.41. The van der Waals surface area contributed by atoms with Gasteiger partial charge in [-0.1, -0.05) is 6.07 Å². The smallest absolute Gasteiger partial charge is 0.238 e. The van der Waals surface area contributed by atoms with Gasteiger partial charge in [0.15, 0.2) is 0 Å². The van der Waals surface area contributed by atoms with Crippen LogP contribution >= 0.6 is 0 Å². The van der Waals surface area contributed by atoms with Gasteiger partial charge < -0.3 is 10.6 Å². The standard InChI is InChI=1S/C14H22N2O/c1-10-6-11(2)8-12(7-10)16-13(17)9-15-14(3,4)5/h6-8,15H,9H2,1-5H3,(H,16,17). The fraction of sp³-hybridized carbons (Fsp3) is 0.500. The van der Waals surface area contributed by atoms with E-state index in [1.54, 1.807) is 0 Å². The third-order valence-electron chi connectivity index (χ3n) is 2.28. The molecule has 0 bridgehead atoms. The molecule has 3 nitrogen and oxygen atoms in total. The number of hydrogen-bond acceptors (Lipinski definition) is 2. The molecule has 0 saturated carbocycles. The van der Waals surface area contributed by atoms with Gasteiger partial charge in [-0.05, 0) is 57.9 Å². The normalized spacial score (nSPS) is 11.4. The molecular weight excluding hydrogens is 212 g/mol. The quantitative estimate of drug-likeness (QED) is 0.844. The lowest BCUT2D eigenvalue weighted by atomic mass is 10.1. The predicted octanol–water partition coefficient (Wildman–Crippen LogP) is 2.63. The molecule has 0 aliphatic heterocycles. The van der Waals surface area contributed by atoms with Crippen LogP contribution in [0.5, 0.6) is 0 Å². The molecule has 1 aromatic carbocycles. The molecule has 1 amide bonds. The first-order valence-corrected chi connectivity index (χ1v) is 5.89. The van der Waals surface area contributed by atoms with E-state index in [2.05, 4.69) is 16.7 Å². The van der Waals surface area contributed by atoms with E-state index in [1.165, 1.54) is 0 Å². The van der Waals surface area contributed by atoms with Crippen LogP contribution in [-0.4, -0.2) is 18.0 Å². The minimum Gasteiger partial charge on any atom is -0.325 e. The molecule has 0 fully saturated rings. The van der Waals surface area contributed by atoms with E-state index in [0.29, 0.717) is 6.54 Å². The Balaban J connectivity index is 2.56. The van der Waals surface area contributed by atoms with Gasteiger partial charge in [0.1, 0.15) is 0 Å². The summed E-state index contributed by atoms with van der Waals surface area (Å²) in [6, 6.07) is 6.03. The number of carbonyl (C=O) groups excluding carboxylic acids is 1. The van der Waals surface area contributed by atoms with E-state index in [1.807, 2.05) is 46.8 Å². The van der Waals surface area contributed by atoms with Crippen molar-refractivity contribution in [1.29, 1.82) is 0 Å². The van der Waals surface area contributed by atoms with Crippen molar-refractivity contribution >= 4 is 11.6 Å². The SMILES string of the molecule is Cc1cc(C)cc(NC(=O)CNC(C)(C)C)c1. The van der Waals surface area contributed by atoms with Crippen LogP contribution in [-0.2, 0) is 4.79 Å². The summed E-state index contributed by atoms with van der Waals surface area (Å²) >= 11 is 0. The molecule has 1 rings (SSSR count). The van der Waals surface area contributed by atoms with Gasteiger partial charge in [-0.3, -0.25) is 4.79 Å². The molecule has 94 valence electrons. The van der Waals surface area contributed by atoms with E-state index >= 15 is 0 Å². The maximum Gasteiger partial charge on any atom is 0.238 e. The van der Waals surface area contributed by atoms with Gasteiger partial charge in [0.25, 0.3) is 0 Å². The Labute approximate surface area is 104 Å². The third-order valence-corrected chi connectivity index (χ3v) is 2.28. The summed E-state index contributed by atoms with van der Waals surface area (Å²) < 4.78 is 0. The average molecular weight is 234 g/mol. The van der Waals surface area contributed by atoms with E-state index in [4.69, 9.17) is 0 Å². The van der Waals surface area contributed by atoms with Crippen LogP contribution in [0.1, 0.15) is 31.9 Å². The number of carbonyl (C=O) groups is 1.